The number of nitrogens with zero attached hydrogens (tertiary/aromatic N) is 1. The first-order valence-electron chi connectivity index (χ1n) is 5.16. The van der Waals surface area contributed by atoms with Crippen molar-refractivity contribution < 1.29 is 9.90 Å². The van der Waals surface area contributed by atoms with Gasteiger partial charge in [-0.3, -0.25) is 10.2 Å². The Morgan fingerprint density at radius 3 is 2.81 bits per heavy atom. The fraction of sp³-hybridized carbons (Fsp3) is 0.364. The van der Waals surface area contributed by atoms with Crippen molar-refractivity contribution in [2.24, 2.45) is 5.84 Å². The number of amides is 1. The second kappa shape index (κ2) is 5.37. The monoisotopic (exact) mass is 223 g/mol. The second-order valence-corrected chi connectivity index (χ2v) is 3.49. The summed E-state index contributed by atoms with van der Waals surface area (Å²) in [5.41, 5.74) is 2.91. The van der Waals surface area contributed by atoms with Crippen molar-refractivity contribution in [1.29, 1.82) is 0 Å². The summed E-state index contributed by atoms with van der Waals surface area (Å²) in [7, 11) is 0. The van der Waals surface area contributed by atoms with Crippen LogP contribution in [0.4, 0.5) is 5.69 Å². The van der Waals surface area contributed by atoms with E-state index in [9.17, 15) is 9.90 Å². The molecule has 0 heterocycles. The minimum Gasteiger partial charge on any atom is -0.508 e. The van der Waals surface area contributed by atoms with Crippen LogP contribution in [0.1, 0.15) is 13.8 Å². The molecule has 1 atom stereocenters. The van der Waals surface area contributed by atoms with E-state index in [1.807, 2.05) is 17.9 Å². The van der Waals surface area contributed by atoms with Gasteiger partial charge in [0.1, 0.15) is 11.8 Å². The standard InChI is InChI=1S/C11H17N3O2/c1-3-14(8(2)11(16)13-12)9-5-4-6-10(15)7-9/h4-8,15H,3,12H2,1-2H3,(H,13,16). The lowest BCUT2D eigenvalue weighted by Gasteiger charge is -2.28. The predicted octanol–water partition coefficient (Wildman–Crippen LogP) is 0.597. The van der Waals surface area contributed by atoms with Gasteiger partial charge in [0.15, 0.2) is 0 Å². The van der Waals surface area contributed by atoms with Gasteiger partial charge in [0.05, 0.1) is 0 Å². The highest BCUT2D eigenvalue weighted by atomic mass is 16.3. The SMILES string of the molecule is CCN(c1cccc(O)c1)C(C)C(=O)NN. The molecule has 0 spiro atoms. The third-order valence-electron chi connectivity index (χ3n) is 2.49. The molecule has 0 fully saturated rings. The van der Waals surface area contributed by atoms with Crippen LogP contribution in [0.2, 0.25) is 0 Å². The number of rotatable bonds is 4. The normalized spacial score (nSPS) is 11.9. The fourth-order valence-corrected chi connectivity index (χ4v) is 1.61. The van der Waals surface area contributed by atoms with Crippen LogP contribution in [0.15, 0.2) is 24.3 Å². The molecule has 1 rings (SSSR count). The Morgan fingerprint density at radius 2 is 2.31 bits per heavy atom. The molecule has 1 aromatic rings. The van der Waals surface area contributed by atoms with Crippen molar-refractivity contribution in [3.63, 3.8) is 0 Å². The minimum atomic E-state index is -0.378. The summed E-state index contributed by atoms with van der Waals surface area (Å²) in [5.74, 6) is 5.02. The van der Waals surface area contributed by atoms with Crippen molar-refractivity contribution in [2.75, 3.05) is 11.4 Å². The Morgan fingerprint density at radius 1 is 1.62 bits per heavy atom. The number of hydrogen-bond donors (Lipinski definition) is 3. The third kappa shape index (κ3) is 2.64. The molecule has 1 aromatic carbocycles. The van der Waals surface area contributed by atoms with Crippen molar-refractivity contribution >= 4 is 11.6 Å². The average Bonchev–Trinajstić information content (AvgIpc) is 2.29. The van der Waals surface area contributed by atoms with Gasteiger partial charge in [-0.05, 0) is 26.0 Å². The molecule has 5 heteroatoms. The summed E-state index contributed by atoms with van der Waals surface area (Å²) in [5, 5.41) is 9.38. The van der Waals surface area contributed by atoms with E-state index in [4.69, 9.17) is 5.84 Å². The zero-order valence-electron chi connectivity index (χ0n) is 9.47. The highest BCUT2D eigenvalue weighted by molar-refractivity contribution is 5.84. The molecular formula is C11H17N3O2. The maximum Gasteiger partial charge on any atom is 0.256 e. The number of likely N-dealkylation sites (N-methyl/N-ethyl adjacent to an activating group) is 1. The second-order valence-electron chi connectivity index (χ2n) is 3.49. The van der Waals surface area contributed by atoms with Crippen molar-refractivity contribution in [1.82, 2.24) is 5.43 Å². The number of phenols is 1. The lowest BCUT2D eigenvalue weighted by molar-refractivity contribution is -0.122. The molecule has 88 valence electrons. The van der Waals surface area contributed by atoms with E-state index in [0.717, 1.165) is 5.69 Å². The van der Waals surface area contributed by atoms with Gasteiger partial charge in [-0.2, -0.15) is 0 Å². The fourth-order valence-electron chi connectivity index (χ4n) is 1.61. The van der Waals surface area contributed by atoms with E-state index in [1.165, 1.54) is 0 Å². The number of carbonyl (C=O) groups is 1. The maximum atomic E-state index is 11.4. The molecule has 0 saturated carbocycles. The van der Waals surface area contributed by atoms with Gasteiger partial charge in [0.2, 0.25) is 0 Å². The van der Waals surface area contributed by atoms with Gasteiger partial charge in [-0.25, -0.2) is 5.84 Å². The van der Waals surface area contributed by atoms with Gasteiger partial charge >= 0.3 is 0 Å². The van der Waals surface area contributed by atoms with Crippen LogP contribution < -0.4 is 16.2 Å². The number of nitrogens with two attached hydrogens (primary N) is 1. The number of benzene rings is 1. The average molecular weight is 223 g/mol. The van der Waals surface area contributed by atoms with Crippen molar-refractivity contribution in [3.8, 4) is 5.75 Å². The molecule has 16 heavy (non-hydrogen) atoms. The smallest absolute Gasteiger partial charge is 0.256 e. The van der Waals surface area contributed by atoms with Crippen molar-refractivity contribution in [3.05, 3.63) is 24.3 Å². The number of aromatic hydroxyl groups is 1. The number of hydrazine groups is 1. The summed E-state index contributed by atoms with van der Waals surface area (Å²) in [6, 6.07) is 6.40. The molecule has 0 bridgehead atoms. The molecule has 5 nitrogen and oxygen atoms in total. The van der Waals surface area contributed by atoms with E-state index in [2.05, 4.69) is 5.43 Å². The Balaban J connectivity index is 2.94. The highest BCUT2D eigenvalue weighted by Crippen LogP contribution is 2.21. The summed E-state index contributed by atoms with van der Waals surface area (Å²) >= 11 is 0. The molecule has 0 aliphatic carbocycles. The lowest BCUT2D eigenvalue weighted by atomic mass is 10.2. The Labute approximate surface area is 94.8 Å². The lowest BCUT2D eigenvalue weighted by Crippen LogP contribution is -2.47. The predicted molar refractivity (Wildman–Crippen MR) is 62.9 cm³/mol. The molecular weight excluding hydrogens is 206 g/mol. The first-order valence-corrected chi connectivity index (χ1v) is 5.16. The maximum absolute atomic E-state index is 11.4. The van der Waals surface area contributed by atoms with E-state index < -0.39 is 0 Å². The Hall–Kier alpha value is -1.75. The molecule has 1 unspecified atom stereocenters. The first kappa shape index (κ1) is 12.3. The van der Waals surface area contributed by atoms with Gasteiger partial charge < -0.3 is 10.0 Å². The van der Waals surface area contributed by atoms with Crippen LogP contribution in [-0.2, 0) is 4.79 Å². The third-order valence-corrected chi connectivity index (χ3v) is 2.49. The van der Waals surface area contributed by atoms with Crippen LogP contribution in [0.3, 0.4) is 0 Å². The highest BCUT2D eigenvalue weighted by Gasteiger charge is 2.19. The van der Waals surface area contributed by atoms with E-state index in [-0.39, 0.29) is 17.7 Å². The van der Waals surface area contributed by atoms with Gasteiger partial charge in [0, 0.05) is 18.3 Å². The largest absolute Gasteiger partial charge is 0.508 e. The molecule has 0 saturated heterocycles. The van der Waals surface area contributed by atoms with Crippen LogP contribution in [-0.4, -0.2) is 23.6 Å². The van der Waals surface area contributed by atoms with E-state index in [1.54, 1.807) is 25.1 Å². The van der Waals surface area contributed by atoms with E-state index >= 15 is 0 Å². The molecule has 0 radical (unpaired) electrons. The van der Waals surface area contributed by atoms with Crippen LogP contribution in [0.5, 0.6) is 5.75 Å². The van der Waals surface area contributed by atoms with Crippen LogP contribution >= 0.6 is 0 Å². The molecule has 1 amide bonds. The summed E-state index contributed by atoms with van der Waals surface area (Å²) < 4.78 is 0. The molecule has 4 N–H and O–H groups in total. The molecule has 0 aromatic heterocycles. The van der Waals surface area contributed by atoms with Crippen LogP contribution in [0.25, 0.3) is 0 Å². The number of phenolic OH excluding ortho intramolecular Hbond substituents is 1. The number of nitrogens with one attached hydrogen (secondary N) is 1. The summed E-state index contributed by atoms with van der Waals surface area (Å²) in [6.45, 7) is 4.35. The van der Waals surface area contributed by atoms with E-state index in [0.29, 0.717) is 6.54 Å². The Bertz CT molecular complexity index is 368. The number of carbonyl (C=O) groups excluding carboxylic acids is 1. The first-order chi connectivity index (χ1) is 7.60. The Kier molecular flexibility index (Phi) is 4.13. The summed E-state index contributed by atoms with van der Waals surface area (Å²) in [6.07, 6.45) is 0. The van der Waals surface area contributed by atoms with Crippen molar-refractivity contribution in [2.45, 2.75) is 19.9 Å². The zero-order valence-corrected chi connectivity index (χ0v) is 9.47. The minimum absolute atomic E-state index is 0.177. The zero-order chi connectivity index (χ0) is 12.1. The number of hydrogen-bond acceptors (Lipinski definition) is 4. The molecule has 0 aliphatic rings. The summed E-state index contributed by atoms with van der Waals surface area (Å²) in [4.78, 5) is 13.3. The van der Waals surface area contributed by atoms with Gasteiger partial charge in [-0.15, -0.1) is 0 Å². The quantitative estimate of drug-likeness (QED) is 0.397. The number of anilines is 1. The van der Waals surface area contributed by atoms with Gasteiger partial charge in [0.25, 0.3) is 5.91 Å². The van der Waals surface area contributed by atoms with Gasteiger partial charge in [-0.1, -0.05) is 6.07 Å². The molecule has 0 aliphatic heterocycles. The topological polar surface area (TPSA) is 78.6 Å². The van der Waals surface area contributed by atoms with Crippen LogP contribution in [0, 0.1) is 0 Å².